The van der Waals surface area contributed by atoms with E-state index in [1.54, 1.807) is 14.0 Å². The van der Waals surface area contributed by atoms with Gasteiger partial charge in [-0.2, -0.15) is 5.10 Å². The van der Waals surface area contributed by atoms with Crippen LogP contribution in [0.25, 0.3) is 0 Å². The molecule has 1 aromatic heterocycles. The average Bonchev–Trinajstić information content (AvgIpc) is 2.37. The summed E-state index contributed by atoms with van der Waals surface area (Å²) in [6, 6.07) is 0. The molecule has 0 aromatic carbocycles. The van der Waals surface area contributed by atoms with E-state index in [1.807, 2.05) is 0 Å². The number of rotatable bonds is 4. The Morgan fingerprint density at radius 3 is 2.80 bits per heavy atom. The van der Waals surface area contributed by atoms with Crippen LogP contribution in [0.15, 0.2) is 11.1 Å². The fourth-order valence-electron chi connectivity index (χ4n) is 1.30. The summed E-state index contributed by atoms with van der Waals surface area (Å²) in [6.07, 6.45) is 0. The number of anilines is 1. The molecule has 0 amide bonds. The van der Waals surface area contributed by atoms with Crippen molar-refractivity contribution >= 4 is 27.7 Å². The number of aryl methyl sites for hydroxylation is 2. The summed E-state index contributed by atoms with van der Waals surface area (Å²) in [5, 5.41) is 16.0. The van der Waals surface area contributed by atoms with Gasteiger partial charge in [0.05, 0.1) is 5.69 Å². The zero-order valence-electron chi connectivity index (χ0n) is 8.54. The number of nitrogens with one attached hydrogen (secondary N) is 1. The van der Waals surface area contributed by atoms with Crippen molar-refractivity contribution in [1.29, 1.82) is 0 Å². The number of carboxylic acids is 1. The Bertz CT molecular complexity index is 412. The Morgan fingerprint density at radius 1 is 1.73 bits per heavy atom. The fourth-order valence-corrected chi connectivity index (χ4v) is 1.44. The van der Waals surface area contributed by atoms with Gasteiger partial charge in [-0.1, -0.05) is 22.5 Å². The molecule has 0 saturated heterocycles. The fraction of sp³-hybridized carbons (Fsp3) is 0.333. The lowest BCUT2D eigenvalue weighted by Gasteiger charge is -2.06. The molecular weight excluding hydrogens is 262 g/mol. The molecule has 0 unspecified atom stereocenters. The first-order chi connectivity index (χ1) is 6.93. The summed E-state index contributed by atoms with van der Waals surface area (Å²) in [6.45, 7) is 5.78. The highest BCUT2D eigenvalue weighted by Crippen LogP contribution is 2.19. The predicted octanol–water partition coefficient (Wildman–Crippen LogP) is 1.75. The summed E-state index contributed by atoms with van der Waals surface area (Å²) >= 11 is 3.19. The van der Waals surface area contributed by atoms with Crippen LogP contribution in [0, 0.1) is 6.92 Å². The molecule has 0 aliphatic rings. The summed E-state index contributed by atoms with van der Waals surface area (Å²) in [5.41, 5.74) is 0.693. The summed E-state index contributed by atoms with van der Waals surface area (Å²) in [4.78, 5) is 11.0. The minimum atomic E-state index is -0.983. The third kappa shape index (κ3) is 2.59. The number of aromatic carboxylic acids is 1. The zero-order valence-corrected chi connectivity index (χ0v) is 10.1. The second-order valence-corrected chi connectivity index (χ2v) is 4.23. The molecule has 0 spiro atoms. The molecule has 82 valence electrons. The van der Waals surface area contributed by atoms with Gasteiger partial charge in [-0.15, -0.1) is 0 Å². The van der Waals surface area contributed by atoms with E-state index >= 15 is 0 Å². The van der Waals surface area contributed by atoms with E-state index in [0.717, 1.165) is 4.48 Å². The van der Waals surface area contributed by atoms with Crippen molar-refractivity contribution in [3.8, 4) is 0 Å². The van der Waals surface area contributed by atoms with Gasteiger partial charge in [-0.3, -0.25) is 4.68 Å². The van der Waals surface area contributed by atoms with E-state index < -0.39 is 5.97 Å². The van der Waals surface area contributed by atoms with Crippen LogP contribution in [0.5, 0.6) is 0 Å². The molecule has 0 aliphatic carbocycles. The van der Waals surface area contributed by atoms with Crippen LogP contribution in [-0.2, 0) is 7.05 Å². The van der Waals surface area contributed by atoms with Crippen LogP contribution in [0.3, 0.4) is 0 Å². The molecular formula is C9H12BrN3O2. The number of hydrogen-bond donors (Lipinski definition) is 2. The molecule has 15 heavy (non-hydrogen) atoms. The van der Waals surface area contributed by atoms with E-state index in [-0.39, 0.29) is 5.56 Å². The number of carboxylic acid groups (broad SMARTS) is 1. The van der Waals surface area contributed by atoms with Gasteiger partial charge in [0.1, 0.15) is 11.4 Å². The molecule has 5 nitrogen and oxygen atoms in total. The molecule has 6 heteroatoms. The Balaban J connectivity index is 3.04. The van der Waals surface area contributed by atoms with Crippen molar-refractivity contribution in [2.45, 2.75) is 6.92 Å². The first-order valence-electron chi connectivity index (χ1n) is 4.27. The SMILES string of the molecule is C=C(Br)CNc1c(C(=O)O)c(C)nn1C. The Morgan fingerprint density at radius 2 is 2.33 bits per heavy atom. The van der Waals surface area contributed by atoms with Gasteiger partial charge in [0.25, 0.3) is 0 Å². The molecule has 0 saturated carbocycles. The maximum Gasteiger partial charge on any atom is 0.341 e. The van der Waals surface area contributed by atoms with Crippen LogP contribution in [0.1, 0.15) is 16.1 Å². The zero-order chi connectivity index (χ0) is 11.6. The lowest BCUT2D eigenvalue weighted by atomic mass is 10.2. The maximum absolute atomic E-state index is 11.0. The molecule has 2 N–H and O–H groups in total. The van der Waals surface area contributed by atoms with Gasteiger partial charge in [0, 0.05) is 18.1 Å². The molecule has 0 bridgehead atoms. The van der Waals surface area contributed by atoms with Crippen LogP contribution in [0.4, 0.5) is 5.82 Å². The van der Waals surface area contributed by atoms with Crippen molar-refractivity contribution in [2.24, 2.45) is 7.05 Å². The number of nitrogens with zero attached hydrogens (tertiary/aromatic N) is 2. The summed E-state index contributed by atoms with van der Waals surface area (Å²) in [5.74, 6) is -0.496. The molecule has 0 radical (unpaired) electrons. The summed E-state index contributed by atoms with van der Waals surface area (Å²) < 4.78 is 2.26. The largest absolute Gasteiger partial charge is 0.477 e. The van der Waals surface area contributed by atoms with Gasteiger partial charge < -0.3 is 10.4 Å². The lowest BCUT2D eigenvalue weighted by Crippen LogP contribution is -2.10. The van der Waals surface area contributed by atoms with E-state index in [1.165, 1.54) is 4.68 Å². The van der Waals surface area contributed by atoms with Crippen molar-refractivity contribution < 1.29 is 9.90 Å². The topological polar surface area (TPSA) is 67.2 Å². The average molecular weight is 274 g/mol. The van der Waals surface area contributed by atoms with Crippen molar-refractivity contribution in [1.82, 2.24) is 9.78 Å². The minimum Gasteiger partial charge on any atom is -0.477 e. The van der Waals surface area contributed by atoms with Crippen molar-refractivity contribution in [2.75, 3.05) is 11.9 Å². The lowest BCUT2D eigenvalue weighted by molar-refractivity contribution is 0.0697. The molecule has 0 atom stereocenters. The molecule has 0 aliphatic heterocycles. The molecule has 1 aromatic rings. The second kappa shape index (κ2) is 4.48. The Labute approximate surface area is 95.9 Å². The third-order valence-corrected chi connectivity index (χ3v) is 2.16. The smallest absolute Gasteiger partial charge is 0.341 e. The van der Waals surface area contributed by atoms with Crippen molar-refractivity contribution in [3.63, 3.8) is 0 Å². The van der Waals surface area contributed by atoms with Crippen LogP contribution in [0.2, 0.25) is 0 Å². The van der Waals surface area contributed by atoms with Gasteiger partial charge in [0.2, 0.25) is 0 Å². The monoisotopic (exact) mass is 273 g/mol. The third-order valence-electron chi connectivity index (χ3n) is 1.88. The standard InChI is InChI=1S/C9H12BrN3O2/c1-5(10)4-11-8-7(9(14)15)6(2)12-13(8)3/h11H,1,4H2,2-3H3,(H,14,15). The highest BCUT2D eigenvalue weighted by atomic mass is 79.9. The molecule has 0 fully saturated rings. The van der Waals surface area contributed by atoms with Crippen LogP contribution >= 0.6 is 15.9 Å². The quantitative estimate of drug-likeness (QED) is 0.877. The minimum absolute atomic E-state index is 0.200. The molecule has 1 heterocycles. The van der Waals surface area contributed by atoms with E-state index in [2.05, 4.69) is 32.9 Å². The Hall–Kier alpha value is -1.30. The van der Waals surface area contributed by atoms with Gasteiger partial charge in [-0.05, 0) is 6.92 Å². The normalized spacial score (nSPS) is 10.1. The Kier molecular flexibility index (Phi) is 3.52. The predicted molar refractivity (Wildman–Crippen MR) is 61.5 cm³/mol. The molecule has 1 rings (SSSR count). The van der Waals surface area contributed by atoms with Gasteiger partial charge >= 0.3 is 5.97 Å². The van der Waals surface area contributed by atoms with Crippen LogP contribution < -0.4 is 5.32 Å². The van der Waals surface area contributed by atoms with Crippen molar-refractivity contribution in [3.05, 3.63) is 22.3 Å². The van der Waals surface area contributed by atoms with Gasteiger partial charge in [0.15, 0.2) is 0 Å². The summed E-state index contributed by atoms with van der Waals surface area (Å²) in [7, 11) is 1.69. The number of halogens is 1. The first-order valence-corrected chi connectivity index (χ1v) is 5.06. The highest BCUT2D eigenvalue weighted by Gasteiger charge is 2.18. The highest BCUT2D eigenvalue weighted by molar-refractivity contribution is 9.11. The van der Waals surface area contributed by atoms with E-state index in [4.69, 9.17) is 5.11 Å². The van der Waals surface area contributed by atoms with Crippen LogP contribution in [-0.4, -0.2) is 27.4 Å². The first kappa shape index (κ1) is 11.8. The van der Waals surface area contributed by atoms with E-state index in [0.29, 0.717) is 18.1 Å². The van der Waals surface area contributed by atoms with E-state index in [9.17, 15) is 4.79 Å². The second-order valence-electron chi connectivity index (χ2n) is 3.11. The number of hydrogen-bond acceptors (Lipinski definition) is 3. The maximum atomic E-state index is 11.0. The van der Waals surface area contributed by atoms with Gasteiger partial charge in [-0.25, -0.2) is 4.79 Å². The number of aromatic nitrogens is 2. The number of carbonyl (C=O) groups is 1.